The predicted molar refractivity (Wildman–Crippen MR) is 82.7 cm³/mol. The van der Waals surface area contributed by atoms with Crippen LogP contribution < -0.4 is 11.1 Å². The number of hydrogen-bond acceptors (Lipinski definition) is 3. The molecule has 0 aliphatic carbocycles. The van der Waals surface area contributed by atoms with Crippen molar-refractivity contribution in [3.63, 3.8) is 0 Å². The van der Waals surface area contributed by atoms with E-state index in [1.165, 1.54) is 0 Å². The standard InChI is InChI=1S/C14H18N4O.ClH/c1-9(10(2)15)14(19)17-12-5-3-11(4-6-12)13-7-8-16-18-13;/h3-10H,15H2,1-2H3,(H,16,18)(H,17,19);1H. The first-order valence-corrected chi connectivity index (χ1v) is 6.24. The minimum absolute atomic E-state index is 0. The Kier molecular flexibility index (Phi) is 5.73. The number of carbonyl (C=O) groups excluding carboxylic acids is 1. The molecule has 0 radical (unpaired) electrons. The van der Waals surface area contributed by atoms with E-state index in [-0.39, 0.29) is 30.3 Å². The number of nitrogens with one attached hydrogen (secondary N) is 2. The maximum Gasteiger partial charge on any atom is 0.228 e. The second kappa shape index (κ2) is 7.07. The van der Waals surface area contributed by atoms with Crippen molar-refractivity contribution in [3.05, 3.63) is 36.5 Å². The number of nitrogens with two attached hydrogens (primary N) is 1. The van der Waals surface area contributed by atoms with Gasteiger partial charge in [-0.2, -0.15) is 5.10 Å². The summed E-state index contributed by atoms with van der Waals surface area (Å²) in [5.41, 5.74) is 8.44. The number of aromatic nitrogens is 2. The van der Waals surface area contributed by atoms with Crippen LogP contribution in [0.25, 0.3) is 11.3 Å². The van der Waals surface area contributed by atoms with Crippen molar-refractivity contribution in [2.45, 2.75) is 19.9 Å². The average molecular weight is 295 g/mol. The van der Waals surface area contributed by atoms with Gasteiger partial charge in [-0.3, -0.25) is 9.89 Å². The summed E-state index contributed by atoms with van der Waals surface area (Å²) in [6.45, 7) is 3.64. The van der Waals surface area contributed by atoms with Crippen LogP contribution in [0.1, 0.15) is 13.8 Å². The van der Waals surface area contributed by atoms with E-state index in [1.807, 2.05) is 44.2 Å². The van der Waals surface area contributed by atoms with Gasteiger partial charge in [0.25, 0.3) is 0 Å². The van der Waals surface area contributed by atoms with E-state index in [0.717, 1.165) is 16.9 Å². The third-order valence-corrected chi connectivity index (χ3v) is 3.17. The molecule has 20 heavy (non-hydrogen) atoms. The molecule has 108 valence electrons. The second-order valence-corrected chi connectivity index (χ2v) is 4.68. The molecule has 1 heterocycles. The first-order valence-electron chi connectivity index (χ1n) is 6.24. The summed E-state index contributed by atoms with van der Waals surface area (Å²) in [5, 5.41) is 9.65. The van der Waals surface area contributed by atoms with Gasteiger partial charge in [-0.1, -0.05) is 19.1 Å². The molecule has 1 aromatic heterocycles. The largest absolute Gasteiger partial charge is 0.327 e. The highest BCUT2D eigenvalue weighted by atomic mass is 35.5. The van der Waals surface area contributed by atoms with Crippen molar-refractivity contribution in [1.82, 2.24) is 10.2 Å². The molecule has 0 saturated heterocycles. The monoisotopic (exact) mass is 294 g/mol. The predicted octanol–water partition coefficient (Wildman–Crippen LogP) is 2.42. The summed E-state index contributed by atoms with van der Waals surface area (Å²) < 4.78 is 0. The molecule has 0 bridgehead atoms. The van der Waals surface area contributed by atoms with Crippen molar-refractivity contribution in [3.8, 4) is 11.3 Å². The van der Waals surface area contributed by atoms with Gasteiger partial charge in [0, 0.05) is 17.9 Å². The summed E-state index contributed by atoms with van der Waals surface area (Å²) >= 11 is 0. The Labute approximate surface area is 124 Å². The van der Waals surface area contributed by atoms with Gasteiger partial charge in [0.05, 0.1) is 11.6 Å². The quantitative estimate of drug-likeness (QED) is 0.809. The molecule has 0 aliphatic rings. The molecule has 2 atom stereocenters. The van der Waals surface area contributed by atoms with Crippen LogP contribution in [0.5, 0.6) is 0 Å². The van der Waals surface area contributed by atoms with Crippen molar-refractivity contribution in [2.24, 2.45) is 11.7 Å². The lowest BCUT2D eigenvalue weighted by molar-refractivity contribution is -0.119. The zero-order chi connectivity index (χ0) is 13.8. The van der Waals surface area contributed by atoms with Crippen LogP contribution in [-0.4, -0.2) is 22.1 Å². The molecule has 1 aromatic carbocycles. The fraction of sp³-hybridized carbons (Fsp3) is 0.286. The molecule has 2 aromatic rings. The minimum Gasteiger partial charge on any atom is -0.327 e. The highest BCUT2D eigenvalue weighted by Crippen LogP contribution is 2.19. The summed E-state index contributed by atoms with van der Waals surface area (Å²) in [4.78, 5) is 11.9. The number of amides is 1. The first kappa shape index (κ1) is 16.2. The van der Waals surface area contributed by atoms with Crippen molar-refractivity contribution >= 4 is 24.0 Å². The van der Waals surface area contributed by atoms with Crippen LogP contribution in [0.3, 0.4) is 0 Å². The number of rotatable bonds is 4. The van der Waals surface area contributed by atoms with Crippen LogP contribution in [0.2, 0.25) is 0 Å². The van der Waals surface area contributed by atoms with E-state index in [0.29, 0.717) is 0 Å². The van der Waals surface area contributed by atoms with Crippen LogP contribution in [0.4, 0.5) is 5.69 Å². The summed E-state index contributed by atoms with van der Waals surface area (Å²) in [7, 11) is 0. The molecule has 0 fully saturated rings. The maximum absolute atomic E-state index is 11.9. The highest BCUT2D eigenvalue weighted by molar-refractivity contribution is 5.92. The lowest BCUT2D eigenvalue weighted by Crippen LogP contribution is -2.34. The molecule has 2 unspecified atom stereocenters. The molecular weight excluding hydrogens is 276 g/mol. The number of benzene rings is 1. The summed E-state index contributed by atoms with van der Waals surface area (Å²) in [6.07, 6.45) is 1.70. The Balaban J connectivity index is 0.00000200. The molecule has 0 spiro atoms. The Morgan fingerprint density at radius 2 is 1.90 bits per heavy atom. The Bertz CT molecular complexity index is 537. The number of hydrogen-bond donors (Lipinski definition) is 3. The van der Waals surface area contributed by atoms with E-state index in [4.69, 9.17) is 5.73 Å². The zero-order valence-electron chi connectivity index (χ0n) is 11.5. The number of carbonyl (C=O) groups is 1. The van der Waals surface area contributed by atoms with E-state index in [2.05, 4.69) is 15.5 Å². The second-order valence-electron chi connectivity index (χ2n) is 4.68. The third kappa shape index (κ3) is 3.82. The number of H-pyrrole nitrogens is 1. The van der Waals surface area contributed by atoms with Crippen LogP contribution in [0, 0.1) is 5.92 Å². The Morgan fingerprint density at radius 1 is 1.25 bits per heavy atom. The van der Waals surface area contributed by atoms with Gasteiger partial charge >= 0.3 is 0 Å². The van der Waals surface area contributed by atoms with Crippen molar-refractivity contribution in [1.29, 1.82) is 0 Å². The van der Waals surface area contributed by atoms with E-state index in [1.54, 1.807) is 6.20 Å². The van der Waals surface area contributed by atoms with Crippen LogP contribution in [-0.2, 0) is 4.79 Å². The van der Waals surface area contributed by atoms with E-state index < -0.39 is 0 Å². The average Bonchev–Trinajstić information content (AvgIpc) is 2.92. The molecule has 6 heteroatoms. The Hall–Kier alpha value is -1.85. The molecule has 0 saturated carbocycles. The number of anilines is 1. The molecule has 1 amide bonds. The lowest BCUT2D eigenvalue weighted by Gasteiger charge is -2.15. The zero-order valence-corrected chi connectivity index (χ0v) is 12.3. The number of halogens is 1. The Morgan fingerprint density at radius 3 is 2.40 bits per heavy atom. The lowest BCUT2D eigenvalue weighted by atomic mass is 10.0. The fourth-order valence-electron chi connectivity index (χ4n) is 1.64. The molecule has 0 aliphatic heterocycles. The number of nitrogens with zero attached hydrogens (tertiary/aromatic N) is 1. The highest BCUT2D eigenvalue weighted by Gasteiger charge is 2.16. The first-order chi connectivity index (χ1) is 9.08. The SMILES string of the molecule is CC(N)C(C)C(=O)Nc1ccc(-c2ccn[nH]2)cc1.Cl. The molecule has 5 nitrogen and oxygen atoms in total. The van der Waals surface area contributed by atoms with Crippen LogP contribution in [0.15, 0.2) is 36.5 Å². The van der Waals surface area contributed by atoms with Gasteiger partial charge in [-0.25, -0.2) is 0 Å². The van der Waals surface area contributed by atoms with E-state index >= 15 is 0 Å². The van der Waals surface area contributed by atoms with Gasteiger partial charge < -0.3 is 11.1 Å². The van der Waals surface area contributed by atoms with Gasteiger partial charge in [-0.15, -0.1) is 12.4 Å². The summed E-state index contributed by atoms with van der Waals surface area (Å²) in [6, 6.07) is 9.32. The van der Waals surface area contributed by atoms with Crippen molar-refractivity contribution in [2.75, 3.05) is 5.32 Å². The van der Waals surface area contributed by atoms with Gasteiger partial charge in [-0.05, 0) is 30.7 Å². The van der Waals surface area contributed by atoms with Crippen LogP contribution >= 0.6 is 12.4 Å². The molecule has 4 N–H and O–H groups in total. The molecule has 2 rings (SSSR count). The third-order valence-electron chi connectivity index (χ3n) is 3.17. The minimum atomic E-state index is -0.215. The fourth-order valence-corrected chi connectivity index (χ4v) is 1.64. The topological polar surface area (TPSA) is 83.8 Å². The summed E-state index contributed by atoms with van der Waals surface area (Å²) in [5.74, 6) is -0.281. The van der Waals surface area contributed by atoms with Gasteiger partial charge in [0.1, 0.15) is 0 Å². The smallest absolute Gasteiger partial charge is 0.228 e. The molecular formula is C14H19ClN4O. The van der Waals surface area contributed by atoms with Gasteiger partial charge in [0.2, 0.25) is 5.91 Å². The number of aromatic amines is 1. The van der Waals surface area contributed by atoms with Gasteiger partial charge in [0.15, 0.2) is 0 Å². The van der Waals surface area contributed by atoms with E-state index in [9.17, 15) is 4.79 Å². The maximum atomic E-state index is 11.9. The van der Waals surface area contributed by atoms with Crippen molar-refractivity contribution < 1.29 is 4.79 Å². The normalized spacial score (nSPS) is 13.2.